The van der Waals surface area contributed by atoms with Gasteiger partial charge in [0.15, 0.2) is 11.6 Å². The molecule has 3 N–H and O–H groups in total. The summed E-state index contributed by atoms with van der Waals surface area (Å²) in [4.78, 5) is 7.04. The first-order chi connectivity index (χ1) is 9.08. The number of hydrogen-bond acceptors (Lipinski definition) is 2. The number of nitrogen functional groups attached to an aromatic ring is 1. The average Bonchev–Trinajstić information content (AvgIpc) is 2.82. The summed E-state index contributed by atoms with van der Waals surface area (Å²) in [6.45, 7) is 1.88. The molecule has 19 heavy (non-hydrogen) atoms. The molecule has 0 saturated heterocycles. The van der Waals surface area contributed by atoms with Gasteiger partial charge in [-0.2, -0.15) is 0 Å². The molecule has 0 spiro atoms. The highest BCUT2D eigenvalue weighted by molar-refractivity contribution is 5.83. The van der Waals surface area contributed by atoms with Crippen molar-refractivity contribution >= 4 is 16.7 Å². The van der Waals surface area contributed by atoms with Crippen LogP contribution in [-0.2, 0) is 0 Å². The van der Waals surface area contributed by atoms with Crippen LogP contribution in [0.5, 0.6) is 0 Å². The largest absolute Gasteiger partial charge is 0.398 e. The van der Waals surface area contributed by atoms with E-state index in [0.29, 0.717) is 22.6 Å². The number of nitrogens with one attached hydrogen (secondary N) is 1. The standard InChI is InChI=1S/C14H11F2N3/c1-7-3-2-4-8(12(7)17)14-18-10-6-5-9(15)11(16)13(10)19-14/h2-6H,17H2,1H3,(H,18,19). The Balaban J connectivity index is 2.27. The number of rotatable bonds is 1. The number of aromatic amines is 1. The van der Waals surface area contributed by atoms with Crippen LogP contribution < -0.4 is 5.73 Å². The van der Waals surface area contributed by atoms with Crippen molar-refractivity contribution in [3.8, 4) is 11.4 Å². The van der Waals surface area contributed by atoms with Crippen molar-refractivity contribution in [1.82, 2.24) is 9.97 Å². The first-order valence-electron chi connectivity index (χ1n) is 5.77. The second kappa shape index (κ2) is 4.05. The van der Waals surface area contributed by atoms with E-state index in [9.17, 15) is 8.78 Å². The minimum atomic E-state index is -0.953. The molecule has 5 heteroatoms. The molecular weight excluding hydrogens is 248 g/mol. The number of hydrogen-bond donors (Lipinski definition) is 2. The van der Waals surface area contributed by atoms with Crippen molar-refractivity contribution in [2.24, 2.45) is 0 Å². The van der Waals surface area contributed by atoms with E-state index < -0.39 is 11.6 Å². The van der Waals surface area contributed by atoms with Gasteiger partial charge in [-0.25, -0.2) is 13.8 Å². The Morgan fingerprint density at radius 2 is 1.95 bits per heavy atom. The second-order valence-corrected chi connectivity index (χ2v) is 4.38. The van der Waals surface area contributed by atoms with E-state index in [4.69, 9.17) is 5.73 Å². The molecule has 3 aromatic rings. The molecule has 0 saturated carbocycles. The fourth-order valence-electron chi connectivity index (χ4n) is 2.03. The van der Waals surface area contributed by atoms with E-state index >= 15 is 0 Å². The Morgan fingerprint density at radius 3 is 2.74 bits per heavy atom. The van der Waals surface area contributed by atoms with Crippen LogP contribution in [0.4, 0.5) is 14.5 Å². The number of aryl methyl sites for hydroxylation is 1. The predicted octanol–water partition coefficient (Wildman–Crippen LogP) is 3.40. The molecule has 0 atom stereocenters. The van der Waals surface area contributed by atoms with Gasteiger partial charge in [-0.1, -0.05) is 12.1 Å². The van der Waals surface area contributed by atoms with Crippen LogP contribution in [0.1, 0.15) is 5.56 Å². The minimum Gasteiger partial charge on any atom is -0.398 e. The van der Waals surface area contributed by atoms with Gasteiger partial charge in [0.2, 0.25) is 0 Å². The van der Waals surface area contributed by atoms with E-state index in [0.717, 1.165) is 11.6 Å². The molecule has 0 amide bonds. The third-order valence-electron chi connectivity index (χ3n) is 3.12. The quantitative estimate of drug-likeness (QED) is 0.658. The average molecular weight is 259 g/mol. The number of nitrogens with two attached hydrogens (primary N) is 1. The maximum atomic E-state index is 13.6. The molecule has 96 valence electrons. The number of H-pyrrole nitrogens is 1. The van der Waals surface area contributed by atoms with E-state index in [-0.39, 0.29) is 5.52 Å². The summed E-state index contributed by atoms with van der Waals surface area (Å²) in [5, 5.41) is 0. The zero-order valence-electron chi connectivity index (χ0n) is 10.2. The third-order valence-corrected chi connectivity index (χ3v) is 3.12. The Labute approximate surface area is 108 Å². The maximum Gasteiger partial charge on any atom is 0.186 e. The number of nitrogens with zero attached hydrogens (tertiary/aromatic N) is 1. The van der Waals surface area contributed by atoms with Crippen LogP contribution in [0.3, 0.4) is 0 Å². The van der Waals surface area contributed by atoms with Gasteiger partial charge in [-0.15, -0.1) is 0 Å². The van der Waals surface area contributed by atoms with Gasteiger partial charge in [-0.05, 0) is 30.7 Å². The van der Waals surface area contributed by atoms with Crippen molar-refractivity contribution < 1.29 is 8.78 Å². The molecule has 1 aromatic heterocycles. The van der Waals surface area contributed by atoms with Crippen LogP contribution >= 0.6 is 0 Å². The zero-order valence-corrected chi connectivity index (χ0v) is 10.2. The lowest BCUT2D eigenvalue weighted by Crippen LogP contribution is -1.94. The number of imidazole rings is 1. The van der Waals surface area contributed by atoms with Crippen LogP contribution in [-0.4, -0.2) is 9.97 Å². The molecule has 0 bridgehead atoms. The fourth-order valence-corrected chi connectivity index (χ4v) is 2.03. The molecule has 0 unspecified atom stereocenters. The zero-order chi connectivity index (χ0) is 13.6. The van der Waals surface area contributed by atoms with Crippen LogP contribution in [0.15, 0.2) is 30.3 Å². The lowest BCUT2D eigenvalue weighted by Gasteiger charge is -2.04. The molecule has 1 heterocycles. The normalized spacial score (nSPS) is 11.1. The first-order valence-corrected chi connectivity index (χ1v) is 5.77. The van der Waals surface area contributed by atoms with E-state index in [1.165, 1.54) is 6.07 Å². The van der Waals surface area contributed by atoms with E-state index in [2.05, 4.69) is 9.97 Å². The van der Waals surface area contributed by atoms with Gasteiger partial charge in [0.25, 0.3) is 0 Å². The van der Waals surface area contributed by atoms with Gasteiger partial charge < -0.3 is 10.7 Å². The number of fused-ring (bicyclic) bond motifs is 1. The summed E-state index contributed by atoms with van der Waals surface area (Å²) >= 11 is 0. The summed E-state index contributed by atoms with van der Waals surface area (Å²) in [5.41, 5.74) is 8.55. The Kier molecular flexibility index (Phi) is 2.48. The van der Waals surface area contributed by atoms with Crippen molar-refractivity contribution in [1.29, 1.82) is 0 Å². The highest BCUT2D eigenvalue weighted by Crippen LogP contribution is 2.29. The van der Waals surface area contributed by atoms with Gasteiger partial charge in [-0.3, -0.25) is 0 Å². The highest BCUT2D eigenvalue weighted by atomic mass is 19.2. The SMILES string of the molecule is Cc1cccc(-c2nc3c(F)c(F)ccc3[nH]2)c1N. The maximum absolute atomic E-state index is 13.6. The smallest absolute Gasteiger partial charge is 0.186 e. The Hall–Kier alpha value is -2.43. The van der Waals surface area contributed by atoms with Gasteiger partial charge >= 0.3 is 0 Å². The summed E-state index contributed by atoms with van der Waals surface area (Å²) in [7, 11) is 0. The molecule has 3 nitrogen and oxygen atoms in total. The minimum absolute atomic E-state index is 0.0177. The van der Waals surface area contributed by atoms with Crippen molar-refractivity contribution in [3.63, 3.8) is 0 Å². The van der Waals surface area contributed by atoms with E-state index in [1.54, 1.807) is 6.07 Å². The second-order valence-electron chi connectivity index (χ2n) is 4.38. The summed E-state index contributed by atoms with van der Waals surface area (Å²) in [5.74, 6) is -1.44. The van der Waals surface area contributed by atoms with Gasteiger partial charge in [0.05, 0.1) is 5.52 Å². The van der Waals surface area contributed by atoms with E-state index in [1.807, 2.05) is 19.1 Å². The van der Waals surface area contributed by atoms with Crippen molar-refractivity contribution in [3.05, 3.63) is 47.5 Å². The van der Waals surface area contributed by atoms with Gasteiger partial charge in [0, 0.05) is 11.3 Å². The van der Waals surface area contributed by atoms with Crippen molar-refractivity contribution in [2.75, 3.05) is 5.73 Å². The summed E-state index contributed by atoms with van der Waals surface area (Å²) in [6, 6.07) is 8.02. The monoisotopic (exact) mass is 259 g/mol. The first kappa shape index (κ1) is 11.6. The van der Waals surface area contributed by atoms with Gasteiger partial charge in [0.1, 0.15) is 11.3 Å². The number of anilines is 1. The molecule has 2 aromatic carbocycles. The molecule has 0 fully saturated rings. The topological polar surface area (TPSA) is 54.7 Å². The van der Waals surface area contributed by atoms with Crippen LogP contribution in [0.25, 0.3) is 22.4 Å². The highest BCUT2D eigenvalue weighted by Gasteiger charge is 2.14. The van der Waals surface area contributed by atoms with Crippen LogP contribution in [0, 0.1) is 18.6 Å². The number of halogens is 2. The lowest BCUT2D eigenvalue weighted by molar-refractivity contribution is 0.515. The summed E-state index contributed by atoms with van der Waals surface area (Å²) < 4.78 is 26.8. The fraction of sp³-hybridized carbons (Fsp3) is 0.0714. The molecular formula is C14H11F2N3. The molecule has 3 rings (SSSR count). The molecule has 0 radical (unpaired) electrons. The van der Waals surface area contributed by atoms with Crippen molar-refractivity contribution in [2.45, 2.75) is 6.92 Å². The molecule has 0 aliphatic carbocycles. The lowest BCUT2D eigenvalue weighted by atomic mass is 10.1. The Morgan fingerprint density at radius 1 is 1.16 bits per heavy atom. The predicted molar refractivity (Wildman–Crippen MR) is 70.6 cm³/mol. The third kappa shape index (κ3) is 1.74. The number of aromatic nitrogens is 2. The number of benzene rings is 2. The van der Waals surface area contributed by atoms with Crippen LogP contribution in [0.2, 0.25) is 0 Å². The molecule has 0 aliphatic heterocycles. The summed E-state index contributed by atoms with van der Waals surface area (Å²) in [6.07, 6.45) is 0. The molecule has 0 aliphatic rings. The Bertz CT molecular complexity index is 778. The number of para-hydroxylation sites is 1.